The third-order valence-corrected chi connectivity index (χ3v) is 6.03. The van der Waals surface area contributed by atoms with Crippen molar-refractivity contribution in [2.24, 2.45) is 0 Å². The van der Waals surface area contributed by atoms with E-state index in [2.05, 4.69) is 100 Å². The molecule has 4 aromatic rings. The summed E-state index contributed by atoms with van der Waals surface area (Å²) in [6.07, 6.45) is 2.09. The molecule has 33 heavy (non-hydrogen) atoms. The highest BCUT2D eigenvalue weighted by atomic mass is 35.5. The number of hydrogen-bond acceptors (Lipinski definition) is 5. The maximum Gasteiger partial charge on any atom is 0.230 e. The molecule has 3 aromatic carbocycles. The number of halogens is 1. The molecule has 5 nitrogen and oxygen atoms in total. The molecule has 1 aliphatic rings. The monoisotopic (exact) mass is 460 g/mol. The topological polar surface area (TPSA) is 54.2 Å². The van der Waals surface area contributed by atoms with E-state index in [1.54, 1.807) is 0 Å². The van der Waals surface area contributed by atoms with Crippen molar-refractivity contribution in [1.29, 1.82) is 0 Å². The Morgan fingerprint density at radius 1 is 0.818 bits per heavy atom. The molecule has 1 saturated heterocycles. The van der Waals surface area contributed by atoms with E-state index >= 15 is 0 Å². The van der Waals surface area contributed by atoms with E-state index in [0.29, 0.717) is 11.7 Å². The summed E-state index contributed by atoms with van der Waals surface area (Å²) in [4.78, 5) is 7.14. The molecule has 0 aliphatic carbocycles. The van der Waals surface area contributed by atoms with Gasteiger partial charge in [0.15, 0.2) is 0 Å². The smallest absolute Gasteiger partial charge is 0.230 e. The quantitative estimate of drug-likeness (QED) is 0.376. The number of aromatic nitrogens is 2. The van der Waals surface area contributed by atoms with E-state index in [0.717, 1.165) is 56.2 Å². The van der Waals surface area contributed by atoms with Gasteiger partial charge in [-0.25, -0.2) is 0 Å². The molecule has 1 aromatic heterocycles. The van der Waals surface area contributed by atoms with Crippen molar-refractivity contribution in [1.82, 2.24) is 15.5 Å². The summed E-state index contributed by atoms with van der Waals surface area (Å²) < 4.78 is 5.65. The molecule has 2 heterocycles. The van der Waals surface area contributed by atoms with Crippen molar-refractivity contribution < 1.29 is 4.52 Å². The Bertz CT molecular complexity index is 1090. The van der Waals surface area contributed by atoms with Crippen molar-refractivity contribution in [3.63, 3.8) is 0 Å². The molecule has 1 fully saturated rings. The van der Waals surface area contributed by atoms with Crippen molar-refractivity contribution in [2.75, 3.05) is 18.0 Å². The molecule has 0 unspecified atom stereocenters. The fourth-order valence-corrected chi connectivity index (χ4v) is 4.27. The molecule has 170 valence electrons. The number of piperidine rings is 1. The lowest BCUT2D eigenvalue weighted by molar-refractivity contribution is 0.320. The van der Waals surface area contributed by atoms with Gasteiger partial charge in [-0.3, -0.25) is 0 Å². The zero-order valence-corrected chi connectivity index (χ0v) is 19.4. The Morgan fingerprint density at radius 3 is 2.09 bits per heavy atom. The first-order valence-corrected chi connectivity index (χ1v) is 11.3. The first kappa shape index (κ1) is 23.0. The van der Waals surface area contributed by atoms with Crippen LogP contribution >= 0.6 is 12.4 Å². The van der Waals surface area contributed by atoms with Crippen LogP contribution in [0.25, 0.3) is 11.4 Å². The molecule has 1 N–H and O–H groups in total. The second kappa shape index (κ2) is 11.1. The third-order valence-electron chi connectivity index (χ3n) is 6.03. The van der Waals surface area contributed by atoms with Crippen molar-refractivity contribution in [2.45, 2.75) is 31.8 Å². The fourth-order valence-electron chi connectivity index (χ4n) is 4.27. The average Bonchev–Trinajstić information content (AvgIpc) is 3.36. The van der Waals surface area contributed by atoms with Crippen molar-refractivity contribution >= 4 is 18.1 Å². The predicted molar refractivity (Wildman–Crippen MR) is 135 cm³/mol. The zero-order chi connectivity index (χ0) is 21.6. The lowest BCUT2D eigenvalue weighted by Gasteiger charge is -2.25. The van der Waals surface area contributed by atoms with Gasteiger partial charge in [0, 0.05) is 30.3 Å². The van der Waals surface area contributed by atoms with E-state index in [1.165, 1.54) is 11.1 Å². The molecule has 0 saturated carbocycles. The van der Waals surface area contributed by atoms with Crippen LogP contribution in [0.2, 0.25) is 0 Å². The summed E-state index contributed by atoms with van der Waals surface area (Å²) in [5.41, 5.74) is 4.68. The third kappa shape index (κ3) is 5.81. The van der Waals surface area contributed by atoms with Gasteiger partial charge in [-0.1, -0.05) is 78.0 Å². The van der Waals surface area contributed by atoms with Crippen LogP contribution in [0.3, 0.4) is 0 Å². The van der Waals surface area contributed by atoms with Gasteiger partial charge in [-0.15, -0.1) is 12.4 Å². The summed E-state index contributed by atoms with van der Waals surface area (Å²) in [6.45, 7) is 3.66. The van der Waals surface area contributed by atoms with E-state index in [9.17, 15) is 0 Å². The Labute approximate surface area is 201 Å². The lowest BCUT2D eigenvalue weighted by atomic mass is 9.98. The predicted octanol–water partition coefficient (Wildman–Crippen LogP) is 5.83. The van der Waals surface area contributed by atoms with Crippen LogP contribution in [0, 0.1) is 0 Å². The van der Waals surface area contributed by atoms with Crippen molar-refractivity contribution in [3.05, 3.63) is 102 Å². The number of hydrogen-bond donors (Lipinski definition) is 1. The largest absolute Gasteiger partial charge is 0.363 e. The number of nitrogens with one attached hydrogen (secondary N) is 1. The molecule has 0 atom stereocenters. The number of nitrogens with zero attached hydrogens (tertiary/aromatic N) is 3. The second-order valence-electron chi connectivity index (χ2n) is 8.36. The highest BCUT2D eigenvalue weighted by molar-refractivity contribution is 5.85. The van der Waals surface area contributed by atoms with E-state index in [1.807, 2.05) is 0 Å². The Hall–Kier alpha value is -3.15. The minimum atomic E-state index is 0. The molecular weight excluding hydrogens is 432 g/mol. The first-order valence-electron chi connectivity index (χ1n) is 11.3. The summed E-state index contributed by atoms with van der Waals surface area (Å²) in [5, 5.41) is 7.69. The maximum absolute atomic E-state index is 5.65. The molecular formula is C27H29ClN4O. The minimum absolute atomic E-state index is 0. The Kier molecular flexibility index (Phi) is 7.76. The molecule has 1 aliphatic heterocycles. The van der Waals surface area contributed by atoms with Crippen LogP contribution in [0.5, 0.6) is 0 Å². The van der Waals surface area contributed by atoms with Gasteiger partial charge in [0.1, 0.15) is 0 Å². The maximum atomic E-state index is 5.65. The molecule has 0 bridgehead atoms. The molecule has 6 heteroatoms. The normalized spacial score (nSPS) is 13.9. The SMILES string of the molecule is Cl.c1ccc(CN(Cc2ccccc2)c2cccc(-c3noc(C4CCNCC4)n3)c2)cc1. The van der Waals surface area contributed by atoms with Gasteiger partial charge in [-0.2, -0.15) is 4.98 Å². The van der Waals surface area contributed by atoms with E-state index < -0.39 is 0 Å². The van der Waals surface area contributed by atoms with Crippen molar-refractivity contribution in [3.8, 4) is 11.4 Å². The summed E-state index contributed by atoms with van der Waals surface area (Å²) >= 11 is 0. The van der Waals surface area contributed by atoms with Gasteiger partial charge in [0.2, 0.25) is 11.7 Å². The standard InChI is InChI=1S/C27H28N4O.ClH/c1-3-8-21(9-4-1)19-31(20-22-10-5-2-6-11-22)25-13-7-12-24(18-25)26-29-27(32-30-26)23-14-16-28-17-15-23;/h1-13,18,23,28H,14-17,19-20H2;1H. The highest BCUT2D eigenvalue weighted by Gasteiger charge is 2.22. The van der Waals surface area contributed by atoms with Crippen LogP contribution in [0.4, 0.5) is 5.69 Å². The number of rotatable bonds is 7. The van der Waals surface area contributed by atoms with E-state index in [4.69, 9.17) is 9.51 Å². The first-order chi connectivity index (χ1) is 15.8. The van der Waals surface area contributed by atoms with Gasteiger partial charge in [-0.05, 0) is 49.2 Å². The number of benzene rings is 3. The molecule has 0 amide bonds. The average molecular weight is 461 g/mol. The van der Waals surface area contributed by atoms with Crippen LogP contribution < -0.4 is 10.2 Å². The van der Waals surface area contributed by atoms with Crippen LogP contribution in [0.15, 0.2) is 89.5 Å². The molecule has 5 rings (SSSR count). The van der Waals surface area contributed by atoms with Gasteiger partial charge in [0.05, 0.1) is 0 Å². The summed E-state index contributed by atoms with van der Waals surface area (Å²) in [6, 6.07) is 29.6. The zero-order valence-electron chi connectivity index (χ0n) is 18.6. The number of anilines is 1. The van der Waals surface area contributed by atoms with Crippen LogP contribution in [-0.2, 0) is 13.1 Å². The Balaban J connectivity index is 0.00000259. The summed E-state index contributed by atoms with van der Waals surface area (Å²) in [7, 11) is 0. The lowest BCUT2D eigenvalue weighted by Crippen LogP contribution is -2.26. The van der Waals surface area contributed by atoms with E-state index in [-0.39, 0.29) is 12.4 Å². The van der Waals surface area contributed by atoms with Crippen LogP contribution in [0.1, 0.15) is 35.8 Å². The fraction of sp³-hybridized carbons (Fsp3) is 0.259. The summed E-state index contributed by atoms with van der Waals surface area (Å²) in [5.74, 6) is 1.78. The van der Waals surface area contributed by atoms with Crippen LogP contribution in [-0.4, -0.2) is 23.2 Å². The molecule has 0 radical (unpaired) electrons. The van der Waals surface area contributed by atoms with Gasteiger partial charge >= 0.3 is 0 Å². The highest BCUT2D eigenvalue weighted by Crippen LogP contribution is 2.29. The van der Waals surface area contributed by atoms with Gasteiger partial charge in [0.25, 0.3) is 0 Å². The Morgan fingerprint density at radius 2 is 1.45 bits per heavy atom. The molecule has 0 spiro atoms. The second-order valence-corrected chi connectivity index (χ2v) is 8.36. The van der Waals surface area contributed by atoms with Gasteiger partial charge < -0.3 is 14.7 Å². The minimum Gasteiger partial charge on any atom is -0.363 e.